The summed E-state index contributed by atoms with van der Waals surface area (Å²) in [6, 6.07) is 0. The van der Waals surface area contributed by atoms with Crippen molar-refractivity contribution in [1.29, 1.82) is 0 Å². The van der Waals surface area contributed by atoms with E-state index in [0.29, 0.717) is 3.14 Å². The van der Waals surface area contributed by atoms with Gasteiger partial charge in [-0.3, -0.25) is 0 Å². The van der Waals surface area contributed by atoms with Gasteiger partial charge in [-0.2, -0.15) is 0 Å². The van der Waals surface area contributed by atoms with Gasteiger partial charge in [-0.15, -0.1) is 22.7 Å². The summed E-state index contributed by atoms with van der Waals surface area (Å²) in [7, 11) is 2.23. The first-order valence-corrected chi connectivity index (χ1v) is 9.84. The Morgan fingerprint density at radius 3 is 1.58 bits per heavy atom. The van der Waals surface area contributed by atoms with Crippen molar-refractivity contribution in [2.24, 2.45) is 0 Å². The number of fused-ring (bicyclic) bond motifs is 2. The molecule has 1 aliphatic rings. The highest BCUT2D eigenvalue weighted by Gasteiger charge is 2.36. The maximum absolute atomic E-state index is 12.0. The van der Waals surface area contributed by atoms with Crippen molar-refractivity contribution in [3.8, 4) is 11.5 Å². The van der Waals surface area contributed by atoms with Crippen molar-refractivity contribution in [3.05, 3.63) is 14.3 Å². The van der Waals surface area contributed by atoms with Gasteiger partial charge in [-0.05, 0) is 0 Å². The Balaban J connectivity index is 2.31. The third-order valence-corrected chi connectivity index (χ3v) is 8.79. The molecule has 11 heteroatoms. The lowest BCUT2D eigenvalue weighted by Crippen LogP contribution is -2.14. The molecule has 2 aromatic rings. The van der Waals surface area contributed by atoms with Gasteiger partial charge in [0.05, 0.1) is 32.4 Å². The fourth-order valence-electron chi connectivity index (χ4n) is 2.04. The van der Waals surface area contributed by atoms with E-state index >= 15 is 0 Å². The molecule has 0 bridgehead atoms. The lowest BCUT2D eigenvalue weighted by molar-refractivity contribution is 0.0547. The monoisotopic (exact) mass is 420 g/mol. The van der Waals surface area contributed by atoms with Gasteiger partial charge in [0.2, 0.25) is 0 Å². The highest BCUT2D eigenvalue weighted by molar-refractivity contribution is 8.08. The van der Waals surface area contributed by atoms with E-state index in [9.17, 15) is 19.8 Å². The number of esters is 2. The van der Waals surface area contributed by atoms with Gasteiger partial charge in [-0.1, -0.05) is 35.7 Å². The summed E-state index contributed by atoms with van der Waals surface area (Å²) >= 11 is 10.3. The fraction of sp³-hybridized carbons (Fsp3) is 0.154. The Labute approximate surface area is 157 Å². The molecule has 0 spiro atoms. The quantitative estimate of drug-likeness (QED) is 0.360. The zero-order valence-electron chi connectivity index (χ0n) is 12.1. The second-order valence-corrected chi connectivity index (χ2v) is 10.1. The van der Waals surface area contributed by atoms with Gasteiger partial charge in [0.25, 0.3) is 0 Å². The maximum atomic E-state index is 12.0. The first-order chi connectivity index (χ1) is 11.4. The molecular formula is C13H8O6S5. The summed E-state index contributed by atoms with van der Waals surface area (Å²) in [5.41, 5.74) is -0.841. The molecule has 0 atom stereocenters. The van der Waals surface area contributed by atoms with Crippen LogP contribution in [-0.2, 0) is 9.47 Å². The van der Waals surface area contributed by atoms with Crippen LogP contribution in [0.2, 0.25) is 0 Å². The highest BCUT2D eigenvalue weighted by Crippen LogP contribution is 2.59. The van der Waals surface area contributed by atoms with E-state index in [-0.39, 0.29) is 9.79 Å². The summed E-state index contributed by atoms with van der Waals surface area (Å²) in [6.07, 6.45) is 0. The Bertz CT molecular complexity index is 856. The third kappa shape index (κ3) is 2.69. The molecule has 0 unspecified atom stereocenters. The maximum Gasteiger partial charge on any atom is 0.342 e. The molecule has 0 fully saturated rings. The molecule has 3 rings (SSSR count). The van der Waals surface area contributed by atoms with Crippen LogP contribution < -0.4 is 0 Å². The summed E-state index contributed by atoms with van der Waals surface area (Å²) in [5.74, 6) is -2.74. The van der Waals surface area contributed by atoms with E-state index in [0.717, 1.165) is 22.6 Å². The Morgan fingerprint density at radius 1 is 0.875 bits per heavy atom. The number of hydrogen-bond donors (Lipinski definition) is 2. The zero-order valence-corrected chi connectivity index (χ0v) is 16.2. The first-order valence-electron chi connectivity index (χ1n) is 6.17. The van der Waals surface area contributed by atoms with Crippen molar-refractivity contribution >= 4 is 70.4 Å². The minimum absolute atomic E-state index is 0.280. The average Bonchev–Trinajstić information content (AvgIpc) is 2.94. The van der Waals surface area contributed by atoms with Gasteiger partial charge in [-0.25, -0.2) is 9.59 Å². The highest BCUT2D eigenvalue weighted by atomic mass is 32.2. The molecule has 126 valence electrons. The van der Waals surface area contributed by atoms with E-state index in [4.69, 9.17) is 12.2 Å². The van der Waals surface area contributed by atoms with Crippen LogP contribution >= 0.6 is 58.4 Å². The predicted octanol–water partition coefficient (Wildman–Crippen LogP) is 4.14. The van der Waals surface area contributed by atoms with Crippen molar-refractivity contribution in [2.75, 3.05) is 14.2 Å². The average molecular weight is 421 g/mol. The van der Waals surface area contributed by atoms with Crippen molar-refractivity contribution < 1.29 is 29.3 Å². The first kappa shape index (κ1) is 17.5. The number of methoxy groups -OCH3 is 2. The third-order valence-electron chi connectivity index (χ3n) is 3.05. The molecule has 6 nitrogen and oxygen atoms in total. The van der Waals surface area contributed by atoms with Gasteiger partial charge >= 0.3 is 11.9 Å². The SMILES string of the molecule is COC(=O)c1c(O)c2c(c(O)c1C(=O)OC)Sc1sc(=S)sc1S2. The predicted molar refractivity (Wildman–Crippen MR) is 93.7 cm³/mol. The van der Waals surface area contributed by atoms with Gasteiger partial charge < -0.3 is 19.7 Å². The Hall–Kier alpha value is -1.27. The molecule has 1 aromatic heterocycles. The number of aromatic hydroxyl groups is 2. The molecule has 0 radical (unpaired) electrons. The Kier molecular flexibility index (Phi) is 4.80. The lowest BCUT2D eigenvalue weighted by Gasteiger charge is -2.20. The standard InChI is InChI=1S/C13H8O6S5/c1-18-9(16)3-4(10(17)19-2)6(15)8-7(5(3)14)21-11-12(22-8)24-13(20)23-11/h14-15H,1-2H3. The zero-order chi connectivity index (χ0) is 17.6. The number of carbonyl (C=O) groups is 2. The van der Waals surface area contributed by atoms with Crippen LogP contribution in [0.3, 0.4) is 0 Å². The summed E-state index contributed by atoms with van der Waals surface area (Å²) < 4.78 is 11.7. The van der Waals surface area contributed by atoms with Crippen LogP contribution in [-0.4, -0.2) is 36.4 Å². The summed E-state index contributed by atoms with van der Waals surface area (Å²) in [4.78, 5) is 24.6. The molecule has 1 aromatic carbocycles. The van der Waals surface area contributed by atoms with E-state index in [2.05, 4.69) is 9.47 Å². The minimum Gasteiger partial charge on any atom is -0.506 e. The number of phenolic OH excluding ortho intramolecular Hbond substituents is 2. The van der Waals surface area contributed by atoms with Crippen molar-refractivity contribution in [1.82, 2.24) is 0 Å². The van der Waals surface area contributed by atoms with Crippen molar-refractivity contribution in [3.63, 3.8) is 0 Å². The summed E-state index contributed by atoms with van der Waals surface area (Å²) in [6.45, 7) is 0. The van der Waals surface area contributed by atoms with Crippen LogP contribution in [0.5, 0.6) is 11.5 Å². The van der Waals surface area contributed by atoms with E-state index in [1.165, 1.54) is 46.2 Å². The molecule has 2 heterocycles. The van der Waals surface area contributed by atoms with E-state index < -0.39 is 34.6 Å². The number of rotatable bonds is 2. The topological polar surface area (TPSA) is 93.1 Å². The molecular weight excluding hydrogens is 412 g/mol. The molecule has 0 saturated carbocycles. The Morgan fingerprint density at radius 2 is 1.25 bits per heavy atom. The largest absolute Gasteiger partial charge is 0.506 e. The normalized spacial score (nSPS) is 12.2. The molecule has 0 saturated heterocycles. The van der Waals surface area contributed by atoms with E-state index in [1.807, 2.05) is 0 Å². The van der Waals surface area contributed by atoms with Crippen LogP contribution in [0.1, 0.15) is 20.7 Å². The number of benzene rings is 1. The fourth-order valence-corrected chi connectivity index (χ4v) is 8.20. The van der Waals surface area contributed by atoms with Crippen LogP contribution in [0.4, 0.5) is 0 Å². The van der Waals surface area contributed by atoms with Crippen LogP contribution in [0, 0.1) is 3.14 Å². The number of carbonyl (C=O) groups excluding carboxylic acids is 2. The lowest BCUT2D eigenvalue weighted by atomic mass is 10.0. The van der Waals surface area contributed by atoms with Crippen LogP contribution in [0.15, 0.2) is 18.2 Å². The van der Waals surface area contributed by atoms with Gasteiger partial charge in [0.15, 0.2) is 0 Å². The summed E-state index contributed by atoms with van der Waals surface area (Å²) in [5, 5.41) is 21.1. The molecule has 0 aliphatic carbocycles. The minimum atomic E-state index is -0.944. The van der Waals surface area contributed by atoms with Crippen LogP contribution in [0.25, 0.3) is 0 Å². The number of phenols is 2. The number of hydrogen-bond acceptors (Lipinski definition) is 11. The van der Waals surface area contributed by atoms with Crippen molar-refractivity contribution in [2.45, 2.75) is 18.2 Å². The molecule has 24 heavy (non-hydrogen) atoms. The van der Waals surface area contributed by atoms with Gasteiger partial charge in [0, 0.05) is 0 Å². The smallest absolute Gasteiger partial charge is 0.342 e. The molecule has 1 aliphatic heterocycles. The van der Waals surface area contributed by atoms with E-state index in [1.54, 1.807) is 0 Å². The number of ether oxygens (including phenoxy) is 2. The van der Waals surface area contributed by atoms with Gasteiger partial charge in [0.1, 0.15) is 25.8 Å². The second-order valence-electron chi connectivity index (χ2n) is 4.32. The second kappa shape index (κ2) is 6.56. The molecule has 2 N–H and O–H groups in total. The molecule has 0 amide bonds.